The Morgan fingerprint density at radius 3 is 1.98 bits per heavy atom. The first-order valence-corrected chi connectivity index (χ1v) is 17.1. The first-order chi connectivity index (χ1) is 22.5. The van der Waals surface area contributed by atoms with E-state index in [1.165, 1.54) is 19.3 Å². The number of aryl methyl sites for hydroxylation is 1. The molecule has 46 heavy (non-hydrogen) atoms. The summed E-state index contributed by atoms with van der Waals surface area (Å²) in [5, 5.41) is 0. The van der Waals surface area contributed by atoms with Gasteiger partial charge >= 0.3 is 7.82 Å². The standard InChI is InChI=1S/C37H38NO7P/c1-41-33-20-21-34-29(27-33)17-22-35(45-46(40,43-31-11-5-2-6-12-31)44-32-13-7-3-8-14-32)36(34)37(39)28-15-18-30(19-16-28)42-26-25-38-23-9-4-10-24-38/h2-3,5-8,11-16,18-21,27H,4,9-10,17,22-26H2,1H3. The van der Waals surface area contributed by atoms with Crippen LogP contribution in [0.15, 0.2) is 109 Å². The molecule has 238 valence electrons. The number of ether oxygens (including phenoxy) is 2. The highest BCUT2D eigenvalue weighted by Crippen LogP contribution is 2.53. The van der Waals surface area contributed by atoms with Gasteiger partial charge in [0.25, 0.3) is 0 Å². The van der Waals surface area contributed by atoms with Gasteiger partial charge in [0.1, 0.15) is 35.4 Å². The summed E-state index contributed by atoms with van der Waals surface area (Å²) in [6, 6.07) is 30.1. The van der Waals surface area contributed by atoms with Crippen LogP contribution >= 0.6 is 7.82 Å². The fraction of sp³-hybridized carbons (Fsp3) is 0.270. The molecule has 4 aromatic rings. The van der Waals surface area contributed by atoms with Gasteiger partial charge in [-0.25, -0.2) is 0 Å². The average Bonchev–Trinajstić information content (AvgIpc) is 3.09. The maximum atomic E-state index is 14.3. The van der Waals surface area contributed by atoms with Crippen molar-refractivity contribution in [2.45, 2.75) is 32.1 Å². The summed E-state index contributed by atoms with van der Waals surface area (Å²) in [6.45, 7) is 3.70. The van der Waals surface area contributed by atoms with E-state index in [2.05, 4.69) is 4.90 Å². The predicted octanol–water partition coefficient (Wildman–Crippen LogP) is 8.38. The van der Waals surface area contributed by atoms with Crippen LogP contribution in [-0.2, 0) is 15.5 Å². The van der Waals surface area contributed by atoms with Crippen molar-refractivity contribution in [3.05, 3.63) is 126 Å². The molecule has 1 fully saturated rings. The molecule has 1 aliphatic heterocycles. The van der Waals surface area contributed by atoms with Gasteiger partial charge in [-0.1, -0.05) is 48.9 Å². The lowest BCUT2D eigenvalue weighted by Gasteiger charge is -2.26. The Hall–Kier alpha value is -4.52. The number of phosphoric ester groups is 1. The lowest BCUT2D eigenvalue weighted by atomic mass is 9.85. The molecule has 0 spiro atoms. The fourth-order valence-electron chi connectivity index (χ4n) is 5.75. The van der Waals surface area contributed by atoms with Crippen molar-refractivity contribution < 1.29 is 32.4 Å². The number of hydrogen-bond donors (Lipinski definition) is 0. The number of hydrogen-bond acceptors (Lipinski definition) is 8. The van der Waals surface area contributed by atoms with Crippen LogP contribution in [0.3, 0.4) is 0 Å². The molecule has 0 amide bonds. The molecule has 0 atom stereocenters. The van der Waals surface area contributed by atoms with Gasteiger partial charge in [0, 0.05) is 18.5 Å². The number of Topliss-reactive ketones (excluding diaryl/α,β-unsaturated/α-hetero) is 1. The third-order valence-corrected chi connectivity index (χ3v) is 9.41. The Labute approximate surface area is 270 Å². The molecule has 0 bridgehead atoms. The maximum absolute atomic E-state index is 14.3. The van der Waals surface area contributed by atoms with Gasteiger partial charge in [-0.15, -0.1) is 0 Å². The Kier molecular flexibility index (Phi) is 10.1. The van der Waals surface area contributed by atoms with Crippen molar-refractivity contribution in [2.24, 2.45) is 0 Å². The highest BCUT2D eigenvalue weighted by Gasteiger charge is 2.38. The molecular formula is C37H38NO7P. The second-order valence-corrected chi connectivity index (χ2v) is 12.7. The van der Waals surface area contributed by atoms with Crippen molar-refractivity contribution in [1.29, 1.82) is 0 Å². The Morgan fingerprint density at radius 2 is 1.35 bits per heavy atom. The maximum Gasteiger partial charge on any atom is 0.646 e. The van der Waals surface area contributed by atoms with Crippen molar-refractivity contribution in [3.8, 4) is 23.0 Å². The van der Waals surface area contributed by atoms with E-state index in [1.54, 1.807) is 73.8 Å². The number of para-hydroxylation sites is 2. The quantitative estimate of drug-likeness (QED) is 0.107. The van der Waals surface area contributed by atoms with Crippen LogP contribution in [0.5, 0.6) is 23.0 Å². The molecule has 1 heterocycles. The topological polar surface area (TPSA) is 83.5 Å². The molecular weight excluding hydrogens is 601 g/mol. The number of carbonyl (C=O) groups excluding carboxylic acids is 1. The van der Waals surface area contributed by atoms with Gasteiger partial charge in [0.05, 0.1) is 12.7 Å². The minimum absolute atomic E-state index is 0.236. The smallest absolute Gasteiger partial charge is 0.497 e. The summed E-state index contributed by atoms with van der Waals surface area (Å²) in [6.07, 6.45) is 4.62. The lowest BCUT2D eigenvalue weighted by Crippen LogP contribution is -2.33. The zero-order chi connectivity index (χ0) is 31.8. The average molecular weight is 640 g/mol. The molecule has 0 N–H and O–H groups in total. The molecule has 1 aliphatic carbocycles. The number of likely N-dealkylation sites (tertiary alicyclic amines) is 1. The largest absolute Gasteiger partial charge is 0.646 e. The molecule has 0 unspecified atom stereocenters. The number of rotatable bonds is 13. The SMILES string of the molecule is COc1ccc2c(c1)CCC(OP(=O)(Oc1ccccc1)Oc1ccccc1)=C2C(=O)c1ccc(OCCN2CCCCC2)cc1. The Morgan fingerprint density at radius 1 is 0.717 bits per heavy atom. The summed E-state index contributed by atoms with van der Waals surface area (Å²) in [5.41, 5.74) is 2.36. The van der Waals surface area contributed by atoms with Crippen LogP contribution < -0.4 is 18.5 Å². The highest BCUT2D eigenvalue weighted by atomic mass is 31.2. The number of benzene rings is 4. The molecule has 0 aromatic heterocycles. The molecule has 0 saturated carbocycles. The normalized spacial score (nSPS) is 15.1. The van der Waals surface area contributed by atoms with Crippen LogP contribution in [0.1, 0.15) is 47.2 Å². The van der Waals surface area contributed by atoms with Crippen LogP contribution in [-0.4, -0.2) is 44.0 Å². The van der Waals surface area contributed by atoms with Gasteiger partial charge in [-0.05, 0) is 104 Å². The number of nitrogens with zero attached hydrogens (tertiary/aromatic N) is 1. The van der Waals surface area contributed by atoms with E-state index in [1.807, 2.05) is 36.4 Å². The predicted molar refractivity (Wildman–Crippen MR) is 178 cm³/mol. The summed E-state index contributed by atoms with van der Waals surface area (Å²) >= 11 is 0. The summed E-state index contributed by atoms with van der Waals surface area (Å²) in [7, 11) is -2.71. The van der Waals surface area contributed by atoms with E-state index < -0.39 is 7.82 Å². The van der Waals surface area contributed by atoms with Gasteiger partial charge in [-0.3, -0.25) is 9.69 Å². The van der Waals surface area contributed by atoms with Gasteiger partial charge < -0.3 is 23.0 Å². The second-order valence-electron chi connectivity index (χ2n) is 11.3. The van der Waals surface area contributed by atoms with Crippen molar-refractivity contribution in [2.75, 3.05) is 33.4 Å². The zero-order valence-electron chi connectivity index (χ0n) is 25.9. The molecule has 2 aliphatic rings. The third-order valence-electron chi connectivity index (χ3n) is 8.09. The van der Waals surface area contributed by atoms with Crippen molar-refractivity contribution >= 4 is 19.2 Å². The Balaban J connectivity index is 1.30. The van der Waals surface area contributed by atoms with Gasteiger partial charge in [0.15, 0.2) is 5.78 Å². The minimum Gasteiger partial charge on any atom is -0.497 e. The number of methoxy groups -OCH3 is 1. The molecule has 8 nitrogen and oxygen atoms in total. The second kappa shape index (κ2) is 14.7. The molecule has 6 rings (SSSR count). The van der Waals surface area contributed by atoms with Gasteiger partial charge in [0.2, 0.25) is 0 Å². The fourth-order valence-corrected chi connectivity index (χ4v) is 7.07. The van der Waals surface area contributed by atoms with E-state index in [0.29, 0.717) is 59.1 Å². The van der Waals surface area contributed by atoms with Crippen molar-refractivity contribution in [3.63, 3.8) is 0 Å². The molecule has 9 heteroatoms. The van der Waals surface area contributed by atoms with E-state index in [-0.39, 0.29) is 11.5 Å². The first-order valence-electron chi connectivity index (χ1n) is 15.7. The number of ketones is 1. The van der Waals surface area contributed by atoms with E-state index in [4.69, 9.17) is 23.0 Å². The number of carbonyl (C=O) groups is 1. The van der Waals surface area contributed by atoms with E-state index in [0.717, 1.165) is 25.2 Å². The monoisotopic (exact) mass is 639 g/mol. The third kappa shape index (κ3) is 7.82. The lowest BCUT2D eigenvalue weighted by molar-refractivity contribution is 0.105. The van der Waals surface area contributed by atoms with E-state index >= 15 is 0 Å². The van der Waals surface area contributed by atoms with Crippen LogP contribution in [0.4, 0.5) is 0 Å². The molecule has 4 aromatic carbocycles. The Bertz CT molecular complexity index is 1660. The number of allylic oxidation sites excluding steroid dienone is 2. The van der Waals surface area contributed by atoms with Crippen LogP contribution in [0.25, 0.3) is 5.57 Å². The first kappa shape index (κ1) is 31.5. The summed E-state index contributed by atoms with van der Waals surface area (Å²) < 4.78 is 43.8. The van der Waals surface area contributed by atoms with Crippen LogP contribution in [0.2, 0.25) is 0 Å². The number of piperidine rings is 1. The minimum atomic E-state index is -4.32. The summed E-state index contributed by atoms with van der Waals surface area (Å²) in [5.74, 6) is 1.97. The van der Waals surface area contributed by atoms with Crippen molar-refractivity contribution in [1.82, 2.24) is 4.90 Å². The molecule has 0 radical (unpaired) electrons. The zero-order valence-corrected chi connectivity index (χ0v) is 26.8. The number of fused-ring (bicyclic) bond motifs is 1. The van der Waals surface area contributed by atoms with Crippen LogP contribution in [0, 0.1) is 0 Å². The van der Waals surface area contributed by atoms with E-state index in [9.17, 15) is 9.36 Å². The van der Waals surface area contributed by atoms with Gasteiger partial charge in [-0.2, -0.15) is 4.57 Å². The highest BCUT2D eigenvalue weighted by molar-refractivity contribution is 7.49. The number of phosphoric acid groups is 1. The summed E-state index contributed by atoms with van der Waals surface area (Å²) in [4.78, 5) is 16.7. The molecule has 1 saturated heterocycles.